The Bertz CT molecular complexity index is 1090. The standard InChI is InChI=1S/C27H29N3O4/c1-20(29-16-18-34-19-17-29)27(32)30(33-2)25-14-12-24(13-15-25)28-26(31)23-10-8-22(9-11-23)21-6-4-3-5-7-21/h3-15,20H,16-19H2,1-2H3,(H,28,31)/t20-/m0/s1. The minimum atomic E-state index is -0.331. The van der Waals surface area contributed by atoms with Gasteiger partial charge < -0.3 is 10.1 Å². The number of carbonyl (C=O) groups is 2. The monoisotopic (exact) mass is 459 g/mol. The van der Waals surface area contributed by atoms with Gasteiger partial charge >= 0.3 is 0 Å². The van der Waals surface area contributed by atoms with Crippen LogP contribution in [-0.4, -0.2) is 56.2 Å². The van der Waals surface area contributed by atoms with Crippen LogP contribution in [0.5, 0.6) is 0 Å². The summed E-state index contributed by atoms with van der Waals surface area (Å²) >= 11 is 0. The zero-order chi connectivity index (χ0) is 23.9. The molecular formula is C27H29N3O4. The van der Waals surface area contributed by atoms with Crippen LogP contribution in [0.2, 0.25) is 0 Å². The van der Waals surface area contributed by atoms with Crippen LogP contribution in [0.3, 0.4) is 0 Å². The lowest BCUT2D eigenvalue weighted by Crippen LogP contribution is -2.50. The van der Waals surface area contributed by atoms with E-state index in [0.717, 1.165) is 11.1 Å². The van der Waals surface area contributed by atoms with Crippen molar-refractivity contribution in [3.05, 3.63) is 84.4 Å². The molecule has 1 fully saturated rings. The maximum atomic E-state index is 13.0. The Morgan fingerprint density at radius 2 is 1.53 bits per heavy atom. The fraction of sp³-hybridized carbons (Fsp3) is 0.259. The van der Waals surface area contributed by atoms with Crippen molar-refractivity contribution in [2.45, 2.75) is 13.0 Å². The van der Waals surface area contributed by atoms with Crippen molar-refractivity contribution in [2.75, 3.05) is 43.8 Å². The molecule has 0 aromatic heterocycles. The van der Waals surface area contributed by atoms with E-state index in [1.807, 2.05) is 61.5 Å². The lowest BCUT2D eigenvalue weighted by Gasteiger charge is -2.33. The zero-order valence-electron chi connectivity index (χ0n) is 19.4. The number of anilines is 2. The number of nitrogens with one attached hydrogen (secondary N) is 1. The second-order valence-electron chi connectivity index (χ2n) is 8.08. The van der Waals surface area contributed by atoms with Crippen LogP contribution in [-0.2, 0) is 14.4 Å². The smallest absolute Gasteiger partial charge is 0.267 e. The molecule has 0 aliphatic carbocycles. The van der Waals surface area contributed by atoms with E-state index in [1.165, 1.54) is 12.2 Å². The SMILES string of the molecule is CON(C(=O)[C@H](C)N1CCOCC1)c1ccc(NC(=O)c2ccc(-c3ccccc3)cc2)cc1. The molecule has 34 heavy (non-hydrogen) atoms. The first-order valence-electron chi connectivity index (χ1n) is 11.3. The summed E-state index contributed by atoms with van der Waals surface area (Å²) in [6, 6.07) is 24.2. The van der Waals surface area contributed by atoms with Gasteiger partial charge in [0.2, 0.25) is 0 Å². The number of carbonyl (C=O) groups excluding carboxylic acids is 2. The van der Waals surface area contributed by atoms with Crippen LogP contribution in [0, 0.1) is 0 Å². The molecule has 0 bridgehead atoms. The Kier molecular flexibility index (Phi) is 7.69. The van der Waals surface area contributed by atoms with Crippen molar-refractivity contribution >= 4 is 23.2 Å². The number of hydrogen-bond acceptors (Lipinski definition) is 5. The minimum absolute atomic E-state index is 0.153. The minimum Gasteiger partial charge on any atom is -0.379 e. The second kappa shape index (κ2) is 11.1. The normalized spacial score (nSPS) is 14.9. The highest BCUT2D eigenvalue weighted by molar-refractivity contribution is 6.04. The third-order valence-corrected chi connectivity index (χ3v) is 5.95. The second-order valence-corrected chi connectivity index (χ2v) is 8.08. The lowest BCUT2D eigenvalue weighted by molar-refractivity contribution is -0.131. The Morgan fingerprint density at radius 3 is 2.15 bits per heavy atom. The van der Waals surface area contributed by atoms with Gasteiger partial charge in [0.1, 0.15) is 0 Å². The van der Waals surface area contributed by atoms with E-state index in [-0.39, 0.29) is 17.9 Å². The Morgan fingerprint density at radius 1 is 0.912 bits per heavy atom. The lowest BCUT2D eigenvalue weighted by atomic mass is 10.0. The zero-order valence-corrected chi connectivity index (χ0v) is 19.4. The first-order chi connectivity index (χ1) is 16.6. The summed E-state index contributed by atoms with van der Waals surface area (Å²) in [5, 5.41) is 4.19. The van der Waals surface area contributed by atoms with Crippen molar-refractivity contribution < 1.29 is 19.2 Å². The first-order valence-corrected chi connectivity index (χ1v) is 11.3. The van der Waals surface area contributed by atoms with E-state index < -0.39 is 0 Å². The molecule has 7 nitrogen and oxygen atoms in total. The Balaban J connectivity index is 1.39. The van der Waals surface area contributed by atoms with E-state index in [2.05, 4.69) is 10.2 Å². The average Bonchev–Trinajstić information content (AvgIpc) is 2.90. The number of ether oxygens (including phenoxy) is 1. The third kappa shape index (κ3) is 5.51. The van der Waals surface area contributed by atoms with Crippen LogP contribution in [0.4, 0.5) is 11.4 Å². The Hall–Kier alpha value is -3.52. The van der Waals surface area contributed by atoms with Gasteiger partial charge in [0.25, 0.3) is 11.8 Å². The molecule has 1 saturated heterocycles. The van der Waals surface area contributed by atoms with Crippen molar-refractivity contribution in [1.29, 1.82) is 0 Å². The highest BCUT2D eigenvalue weighted by atomic mass is 16.7. The van der Waals surface area contributed by atoms with Crippen LogP contribution in [0.25, 0.3) is 11.1 Å². The maximum Gasteiger partial charge on any atom is 0.267 e. The summed E-state index contributed by atoms with van der Waals surface area (Å²) in [6.07, 6.45) is 0. The highest BCUT2D eigenvalue weighted by Gasteiger charge is 2.28. The predicted molar refractivity (Wildman–Crippen MR) is 133 cm³/mol. The number of hydroxylamine groups is 1. The molecule has 1 N–H and O–H groups in total. The van der Waals surface area contributed by atoms with Gasteiger partial charge in [-0.25, -0.2) is 0 Å². The molecule has 176 valence electrons. The van der Waals surface area contributed by atoms with E-state index >= 15 is 0 Å². The van der Waals surface area contributed by atoms with E-state index in [1.54, 1.807) is 24.3 Å². The number of rotatable bonds is 7. The van der Waals surface area contributed by atoms with E-state index in [0.29, 0.717) is 43.2 Å². The molecule has 0 radical (unpaired) electrons. The fourth-order valence-electron chi connectivity index (χ4n) is 3.94. The number of hydrogen-bond donors (Lipinski definition) is 1. The van der Waals surface area contributed by atoms with Gasteiger partial charge in [0.15, 0.2) is 0 Å². The van der Waals surface area contributed by atoms with Crippen molar-refractivity contribution in [3.8, 4) is 11.1 Å². The van der Waals surface area contributed by atoms with Gasteiger partial charge in [0.05, 0.1) is 32.1 Å². The molecule has 1 heterocycles. The van der Waals surface area contributed by atoms with Gasteiger partial charge in [-0.15, -0.1) is 0 Å². The van der Waals surface area contributed by atoms with Gasteiger partial charge in [-0.05, 0) is 54.4 Å². The number of morpholine rings is 1. The molecule has 1 aliphatic rings. The quantitative estimate of drug-likeness (QED) is 0.536. The third-order valence-electron chi connectivity index (χ3n) is 5.95. The molecule has 4 rings (SSSR count). The summed E-state index contributed by atoms with van der Waals surface area (Å²) in [5.41, 5.74) is 3.95. The molecular weight excluding hydrogens is 430 g/mol. The van der Waals surface area contributed by atoms with Crippen molar-refractivity contribution in [2.24, 2.45) is 0 Å². The van der Waals surface area contributed by atoms with Crippen LogP contribution in [0.1, 0.15) is 17.3 Å². The van der Waals surface area contributed by atoms with Gasteiger partial charge in [0, 0.05) is 24.3 Å². The molecule has 1 aliphatic heterocycles. The number of amides is 2. The molecule has 2 amide bonds. The van der Waals surface area contributed by atoms with Gasteiger partial charge in [-0.1, -0.05) is 42.5 Å². The van der Waals surface area contributed by atoms with Crippen LogP contribution >= 0.6 is 0 Å². The topological polar surface area (TPSA) is 71.1 Å². The average molecular weight is 460 g/mol. The molecule has 1 atom stereocenters. The van der Waals surface area contributed by atoms with Crippen LogP contribution < -0.4 is 10.4 Å². The summed E-state index contributed by atoms with van der Waals surface area (Å²) in [6.45, 7) is 4.53. The summed E-state index contributed by atoms with van der Waals surface area (Å²) in [5.74, 6) is -0.354. The van der Waals surface area contributed by atoms with E-state index in [4.69, 9.17) is 9.57 Å². The number of nitrogens with zero attached hydrogens (tertiary/aromatic N) is 2. The maximum absolute atomic E-state index is 13.0. The molecule has 0 spiro atoms. The number of benzene rings is 3. The summed E-state index contributed by atoms with van der Waals surface area (Å²) < 4.78 is 5.37. The predicted octanol–water partition coefficient (Wildman–Crippen LogP) is 4.22. The van der Waals surface area contributed by atoms with Crippen molar-refractivity contribution in [3.63, 3.8) is 0 Å². The van der Waals surface area contributed by atoms with Crippen LogP contribution in [0.15, 0.2) is 78.9 Å². The highest BCUT2D eigenvalue weighted by Crippen LogP contribution is 2.22. The van der Waals surface area contributed by atoms with Crippen molar-refractivity contribution in [1.82, 2.24) is 4.90 Å². The molecule has 3 aromatic carbocycles. The summed E-state index contributed by atoms with van der Waals surface area (Å²) in [7, 11) is 1.47. The van der Waals surface area contributed by atoms with Gasteiger partial charge in [-0.3, -0.25) is 19.3 Å². The molecule has 0 saturated carbocycles. The fourth-order valence-corrected chi connectivity index (χ4v) is 3.94. The summed E-state index contributed by atoms with van der Waals surface area (Å²) in [4.78, 5) is 33.2. The van der Waals surface area contributed by atoms with E-state index in [9.17, 15) is 9.59 Å². The first kappa shape index (κ1) is 23.6. The molecule has 7 heteroatoms. The molecule has 3 aromatic rings. The Labute approximate surface area is 199 Å². The van der Waals surface area contributed by atoms with Gasteiger partial charge in [-0.2, -0.15) is 5.06 Å². The molecule has 0 unspecified atom stereocenters. The largest absolute Gasteiger partial charge is 0.379 e.